The Morgan fingerprint density at radius 1 is 1.18 bits per heavy atom. The Balaban J connectivity index is 0.00000280. The molecule has 0 aliphatic carbocycles. The number of benzene rings is 2. The fourth-order valence-electron chi connectivity index (χ4n) is 2.24. The zero-order valence-corrected chi connectivity index (χ0v) is 16.9. The van der Waals surface area contributed by atoms with Gasteiger partial charge >= 0.3 is 0 Å². The summed E-state index contributed by atoms with van der Waals surface area (Å²) in [5.41, 5.74) is 4.57. The van der Waals surface area contributed by atoms with Crippen molar-refractivity contribution in [3.8, 4) is 11.5 Å². The van der Waals surface area contributed by atoms with Gasteiger partial charge in [-0.15, -0.1) is 22.6 Å². The normalized spacial score (nSPS) is 10.5. The summed E-state index contributed by atoms with van der Waals surface area (Å²) in [7, 11) is 1.59. The summed E-state index contributed by atoms with van der Waals surface area (Å²) in [6.07, 6.45) is 1.62. The highest BCUT2D eigenvalue weighted by Crippen LogP contribution is 2.28. The number of hydrogen-bond acceptors (Lipinski definition) is 7. The summed E-state index contributed by atoms with van der Waals surface area (Å²) < 4.78 is 12.6. The zero-order chi connectivity index (χ0) is 19.2. The van der Waals surface area contributed by atoms with Crippen molar-refractivity contribution in [3.05, 3.63) is 64.4 Å². The van der Waals surface area contributed by atoms with Crippen LogP contribution >= 0.6 is 24.0 Å². The van der Waals surface area contributed by atoms with Crippen LogP contribution in [0.15, 0.2) is 47.6 Å². The Morgan fingerprint density at radius 3 is 2.57 bits per heavy atom. The highest BCUT2D eigenvalue weighted by atomic mass is 35.5. The molecule has 0 fully saturated rings. The van der Waals surface area contributed by atoms with E-state index in [-0.39, 0.29) is 12.4 Å². The highest BCUT2D eigenvalue weighted by Gasteiger charge is 2.06. The third kappa shape index (κ3) is 5.28. The van der Waals surface area contributed by atoms with Crippen molar-refractivity contribution in [2.75, 3.05) is 18.4 Å². The lowest BCUT2D eigenvalue weighted by molar-refractivity contribution is 0.284. The second-order valence-corrected chi connectivity index (χ2v) is 6.07. The van der Waals surface area contributed by atoms with Gasteiger partial charge in [0.1, 0.15) is 6.61 Å². The van der Waals surface area contributed by atoms with Gasteiger partial charge in [0, 0.05) is 5.02 Å². The average Bonchev–Trinajstić information content (AvgIpc) is 3.00. The van der Waals surface area contributed by atoms with E-state index in [4.69, 9.17) is 26.9 Å². The molecular weight excluding hydrogens is 403 g/mol. The van der Waals surface area contributed by atoms with Gasteiger partial charge in [0.2, 0.25) is 0 Å². The molecule has 0 amide bonds. The predicted molar refractivity (Wildman–Crippen MR) is 112 cm³/mol. The number of nitrogens with zero attached hydrogens (tertiary/aromatic N) is 4. The predicted octanol–water partition coefficient (Wildman–Crippen LogP) is 3.41. The molecule has 0 saturated heterocycles. The number of aryl methyl sites for hydroxylation is 1. The van der Waals surface area contributed by atoms with Crippen LogP contribution in [0, 0.1) is 6.92 Å². The molecule has 8 nitrogen and oxygen atoms in total. The number of halogens is 2. The van der Waals surface area contributed by atoms with Crippen LogP contribution in [-0.2, 0) is 6.61 Å². The molecule has 0 saturated carbocycles. The maximum absolute atomic E-state index is 5.89. The van der Waals surface area contributed by atoms with Crippen LogP contribution in [0.4, 0.5) is 5.95 Å². The lowest BCUT2D eigenvalue weighted by atomic mass is 10.2. The molecule has 10 heteroatoms. The van der Waals surface area contributed by atoms with E-state index in [0.29, 0.717) is 34.9 Å². The number of ether oxygens (including phenoxy) is 2. The van der Waals surface area contributed by atoms with Crippen molar-refractivity contribution in [1.29, 1.82) is 0 Å². The van der Waals surface area contributed by atoms with Crippen LogP contribution in [0.3, 0.4) is 0 Å². The molecule has 1 heterocycles. The van der Waals surface area contributed by atoms with Crippen LogP contribution < -0.4 is 20.7 Å². The first kappa shape index (κ1) is 21.3. The standard InChI is InChI=1S/C18H19ClN6O2.ClH/c1-12-22-24-18(25(12)20)23-21-10-14-5-8-16(17(9-14)26-2)27-11-13-3-6-15(19)7-4-13;/h3-10H,11,20H2,1-2H3,(H,23,24);1H/b21-10+;. The van der Waals surface area contributed by atoms with Crippen LogP contribution in [0.2, 0.25) is 5.02 Å². The van der Waals surface area contributed by atoms with E-state index >= 15 is 0 Å². The summed E-state index contributed by atoms with van der Waals surface area (Å²) >= 11 is 5.89. The monoisotopic (exact) mass is 422 g/mol. The van der Waals surface area contributed by atoms with Gasteiger partial charge in [-0.25, -0.2) is 10.1 Å². The molecule has 0 aliphatic heterocycles. The molecule has 0 radical (unpaired) electrons. The molecule has 0 bridgehead atoms. The maximum Gasteiger partial charge on any atom is 0.263 e. The Labute approximate surface area is 173 Å². The topological polar surface area (TPSA) is 99.6 Å². The second kappa shape index (κ2) is 9.82. The van der Waals surface area contributed by atoms with Gasteiger partial charge in [-0.2, -0.15) is 5.10 Å². The zero-order valence-electron chi connectivity index (χ0n) is 15.3. The molecule has 0 spiro atoms. The van der Waals surface area contributed by atoms with Gasteiger partial charge in [0.15, 0.2) is 17.3 Å². The number of hydrazone groups is 1. The van der Waals surface area contributed by atoms with Crippen LogP contribution in [0.5, 0.6) is 11.5 Å². The number of hydrogen-bond donors (Lipinski definition) is 2. The second-order valence-electron chi connectivity index (χ2n) is 5.64. The number of aromatic nitrogens is 3. The molecule has 0 aliphatic rings. The number of nitrogens with two attached hydrogens (primary N) is 1. The lowest BCUT2D eigenvalue weighted by Crippen LogP contribution is -2.13. The Kier molecular flexibility index (Phi) is 7.48. The smallest absolute Gasteiger partial charge is 0.263 e. The lowest BCUT2D eigenvalue weighted by Gasteiger charge is -2.11. The number of nitrogens with one attached hydrogen (secondary N) is 1. The fraction of sp³-hybridized carbons (Fsp3) is 0.167. The van der Waals surface area contributed by atoms with Crippen molar-refractivity contribution >= 4 is 36.2 Å². The van der Waals surface area contributed by atoms with Gasteiger partial charge in [0.25, 0.3) is 5.95 Å². The summed E-state index contributed by atoms with van der Waals surface area (Å²) in [5.74, 6) is 7.91. The summed E-state index contributed by atoms with van der Waals surface area (Å²) in [5, 5.41) is 12.5. The summed E-state index contributed by atoms with van der Waals surface area (Å²) in [4.78, 5) is 0. The van der Waals surface area contributed by atoms with E-state index in [0.717, 1.165) is 11.1 Å². The third-order valence-corrected chi connectivity index (χ3v) is 3.99. The Morgan fingerprint density at radius 2 is 1.93 bits per heavy atom. The minimum atomic E-state index is 0. The van der Waals surface area contributed by atoms with Crippen LogP contribution in [-0.4, -0.2) is 28.2 Å². The first-order valence-electron chi connectivity index (χ1n) is 8.08. The van der Waals surface area contributed by atoms with E-state index in [1.807, 2.05) is 42.5 Å². The quantitative estimate of drug-likeness (QED) is 0.343. The molecule has 1 aromatic heterocycles. The average molecular weight is 423 g/mol. The Hall–Kier alpha value is -2.97. The molecule has 0 atom stereocenters. The maximum atomic E-state index is 5.89. The minimum absolute atomic E-state index is 0. The summed E-state index contributed by atoms with van der Waals surface area (Å²) in [6, 6.07) is 13.0. The van der Waals surface area contributed by atoms with Gasteiger partial charge in [-0.1, -0.05) is 23.7 Å². The van der Waals surface area contributed by atoms with Crippen molar-refractivity contribution in [2.45, 2.75) is 13.5 Å². The number of anilines is 1. The largest absolute Gasteiger partial charge is 0.493 e. The van der Waals surface area contributed by atoms with Crippen LogP contribution in [0.1, 0.15) is 17.0 Å². The molecule has 3 N–H and O–H groups in total. The highest BCUT2D eigenvalue weighted by molar-refractivity contribution is 6.30. The molecule has 3 aromatic rings. The van der Waals surface area contributed by atoms with E-state index in [1.54, 1.807) is 20.2 Å². The molecule has 3 rings (SSSR count). The van der Waals surface area contributed by atoms with Crippen molar-refractivity contribution < 1.29 is 9.47 Å². The van der Waals surface area contributed by atoms with E-state index in [1.165, 1.54) is 4.68 Å². The SMILES string of the molecule is COc1cc(/C=N/Nc2nnc(C)n2N)ccc1OCc1ccc(Cl)cc1.Cl. The van der Waals surface area contributed by atoms with E-state index in [2.05, 4.69) is 20.7 Å². The van der Waals surface area contributed by atoms with Crippen molar-refractivity contribution in [1.82, 2.24) is 14.9 Å². The van der Waals surface area contributed by atoms with Crippen molar-refractivity contribution in [2.24, 2.45) is 5.10 Å². The first-order valence-corrected chi connectivity index (χ1v) is 8.46. The molecule has 148 valence electrons. The van der Waals surface area contributed by atoms with Crippen molar-refractivity contribution in [3.63, 3.8) is 0 Å². The molecule has 0 unspecified atom stereocenters. The minimum Gasteiger partial charge on any atom is -0.493 e. The molecule has 28 heavy (non-hydrogen) atoms. The fourth-order valence-corrected chi connectivity index (χ4v) is 2.36. The van der Waals surface area contributed by atoms with Gasteiger partial charge < -0.3 is 15.3 Å². The van der Waals surface area contributed by atoms with Gasteiger partial charge in [0.05, 0.1) is 13.3 Å². The van der Waals surface area contributed by atoms with E-state index < -0.39 is 0 Å². The van der Waals surface area contributed by atoms with Crippen LogP contribution in [0.25, 0.3) is 0 Å². The molecular formula is C18H20Cl2N6O2. The van der Waals surface area contributed by atoms with Gasteiger partial charge in [-0.05, 0) is 48.4 Å². The Bertz CT molecular complexity index is 944. The molecule has 2 aromatic carbocycles. The first-order chi connectivity index (χ1) is 13.1. The van der Waals surface area contributed by atoms with Gasteiger partial charge in [-0.3, -0.25) is 0 Å². The summed E-state index contributed by atoms with van der Waals surface area (Å²) in [6.45, 7) is 2.16. The number of rotatable bonds is 7. The van der Waals surface area contributed by atoms with E-state index in [9.17, 15) is 0 Å². The number of nitrogen functional groups attached to an aromatic ring is 1. The number of methoxy groups -OCH3 is 1. The third-order valence-electron chi connectivity index (χ3n) is 3.74.